The highest BCUT2D eigenvalue weighted by atomic mass is 19.4. The largest absolute Gasteiger partial charge is 0.504 e. The van der Waals surface area contributed by atoms with Gasteiger partial charge >= 0.3 is 24.8 Å². The number of ether oxygens (including phenoxy) is 2. The number of nitrogens with one attached hydrogen (secondary N) is 2. The second-order valence-corrected chi connectivity index (χ2v) is 25.7. The maximum Gasteiger partial charge on any atom is 0.504 e. The summed E-state index contributed by atoms with van der Waals surface area (Å²) in [7, 11) is 0. The number of rotatable bonds is 12. The van der Waals surface area contributed by atoms with Crippen LogP contribution in [0.3, 0.4) is 0 Å². The van der Waals surface area contributed by atoms with Gasteiger partial charge in [-0.15, -0.1) is 46.7 Å². The summed E-state index contributed by atoms with van der Waals surface area (Å²) in [6, 6.07) is 14.9. The molecule has 2 atom stereocenters. The van der Waals surface area contributed by atoms with Crippen LogP contribution in [0.1, 0.15) is 116 Å². The molecule has 0 aliphatic carbocycles. The van der Waals surface area contributed by atoms with Gasteiger partial charge in [0.05, 0.1) is 60.1 Å². The van der Waals surface area contributed by atoms with E-state index in [2.05, 4.69) is 41.2 Å². The zero-order valence-corrected chi connectivity index (χ0v) is 53.4. The summed E-state index contributed by atoms with van der Waals surface area (Å²) in [5, 5.41) is 45.1. The molecule has 10 rings (SSSR count). The fraction of sp³-hybridized carbons (Fsp3) is 0.375. The molecule has 4 aromatic heterocycles. The average molecular weight is 1380 g/mol. The average Bonchev–Trinajstić information content (AvgIpc) is 1.58. The Morgan fingerprint density at radius 1 is 0.551 bits per heavy atom. The fourth-order valence-electron chi connectivity index (χ4n) is 9.91. The highest BCUT2D eigenvalue weighted by Crippen LogP contribution is 2.48. The third-order valence-corrected chi connectivity index (χ3v) is 14.9. The van der Waals surface area contributed by atoms with Crippen molar-refractivity contribution in [1.29, 1.82) is 10.5 Å². The molecule has 34 heteroatoms. The van der Waals surface area contributed by atoms with Crippen molar-refractivity contribution in [3.63, 3.8) is 0 Å². The molecule has 0 saturated heterocycles. The zero-order valence-electron chi connectivity index (χ0n) is 53.4. The van der Waals surface area contributed by atoms with Gasteiger partial charge in [0.15, 0.2) is 0 Å². The Morgan fingerprint density at radius 3 is 1.18 bits per heavy atom. The number of alkyl carbamates (subject to hydrolysis) is 2. The van der Waals surface area contributed by atoms with Crippen LogP contribution >= 0.6 is 0 Å². The number of nitriles is 2. The first-order valence-corrected chi connectivity index (χ1v) is 29.4. The lowest BCUT2D eigenvalue weighted by molar-refractivity contribution is -0.213. The van der Waals surface area contributed by atoms with Crippen LogP contribution in [-0.4, -0.2) is 87.2 Å². The molecule has 0 fully saturated rings. The number of carbonyl (C=O) groups is 4. The molecule has 8 aromatic rings. The van der Waals surface area contributed by atoms with Gasteiger partial charge in [0.1, 0.15) is 45.8 Å². The number of benzene rings is 4. The first-order valence-electron chi connectivity index (χ1n) is 29.4. The number of hydrogen-bond donors (Lipinski definition) is 2. The summed E-state index contributed by atoms with van der Waals surface area (Å²) in [4.78, 5) is 55.2. The maximum absolute atomic E-state index is 15.9. The smallest absolute Gasteiger partial charge is 0.444 e. The first kappa shape index (κ1) is 71.5. The van der Waals surface area contributed by atoms with E-state index in [0.717, 1.165) is 46.7 Å². The van der Waals surface area contributed by atoms with Crippen LogP contribution in [0.2, 0.25) is 0 Å². The van der Waals surface area contributed by atoms with E-state index in [1.807, 2.05) is 12.1 Å². The Labute approximate surface area is 549 Å². The predicted octanol–water partition coefficient (Wildman–Crippen LogP) is 13.9. The Kier molecular flexibility index (Phi) is 19.0. The molecule has 4 aromatic carbocycles. The Balaban J connectivity index is 0.000000229. The second-order valence-electron chi connectivity index (χ2n) is 25.7. The molecule has 98 heavy (non-hydrogen) atoms. The molecule has 2 aliphatic heterocycles. The van der Waals surface area contributed by atoms with Crippen molar-refractivity contribution in [3.8, 4) is 57.3 Å². The molecule has 0 spiro atoms. The van der Waals surface area contributed by atoms with Crippen molar-refractivity contribution in [1.82, 2.24) is 50.6 Å². The summed E-state index contributed by atoms with van der Waals surface area (Å²) in [5.41, 5.74) is -6.41. The van der Waals surface area contributed by atoms with Crippen LogP contribution in [-0.2, 0) is 67.4 Å². The number of hydrogen-bond acceptors (Lipinski definition) is 16. The van der Waals surface area contributed by atoms with Gasteiger partial charge in [0.2, 0.25) is 23.6 Å². The summed E-state index contributed by atoms with van der Waals surface area (Å²) in [6.45, 7) is 14.4. The van der Waals surface area contributed by atoms with Gasteiger partial charge in [0.25, 0.3) is 23.6 Å². The van der Waals surface area contributed by atoms with E-state index in [9.17, 15) is 56.0 Å². The highest BCUT2D eigenvalue weighted by Gasteiger charge is 2.49. The lowest BCUT2D eigenvalue weighted by atomic mass is 9.96. The van der Waals surface area contributed by atoms with E-state index >= 15 is 26.3 Å². The number of alkyl halides is 10. The van der Waals surface area contributed by atoms with Crippen molar-refractivity contribution < 1.29 is 90.2 Å². The first-order chi connectivity index (χ1) is 45.4. The summed E-state index contributed by atoms with van der Waals surface area (Å²) >= 11 is 0. The highest BCUT2D eigenvalue weighted by molar-refractivity contribution is 6.02. The molecular formula is C64H58F12N14O8. The van der Waals surface area contributed by atoms with Gasteiger partial charge in [-0.3, -0.25) is 9.59 Å². The molecule has 0 radical (unpaired) electrons. The SMILES string of the molecule is CC(C)(C)OC(=O)NC1CC(F)(F)c2cc(F)c(-c3nnc(C(C)(C)C#N)o3)cc2N(Cc2ccc(-c3cnn(C(F)(F)F)c3)cc2)C1=O.CC(C)(C)OC(=O)N[C@@H]1CC(F)(F)c2cc(F)c(-c3nnc(C(C)(C)C#N)o3)cc2N(Cc2ccc(-c3cnn(C(F)(F)F)c3)cc2)C1=O. The minimum absolute atomic E-state index is 0.139. The van der Waals surface area contributed by atoms with E-state index < -0.39 is 166 Å². The summed E-state index contributed by atoms with van der Waals surface area (Å²) < 4.78 is 194. The van der Waals surface area contributed by atoms with E-state index in [4.69, 9.17) is 18.3 Å². The van der Waals surface area contributed by atoms with E-state index in [1.165, 1.54) is 76.2 Å². The van der Waals surface area contributed by atoms with Crippen molar-refractivity contribution >= 4 is 35.4 Å². The van der Waals surface area contributed by atoms with E-state index in [1.54, 1.807) is 41.5 Å². The number of nitrogens with zero attached hydrogens (tertiary/aromatic N) is 12. The Morgan fingerprint density at radius 2 is 0.888 bits per heavy atom. The van der Waals surface area contributed by atoms with E-state index in [-0.39, 0.29) is 32.3 Å². The van der Waals surface area contributed by atoms with Crippen LogP contribution in [0.5, 0.6) is 0 Å². The molecule has 4 amide bonds. The third kappa shape index (κ3) is 15.9. The lowest BCUT2D eigenvalue weighted by Crippen LogP contribution is -2.49. The van der Waals surface area contributed by atoms with Gasteiger partial charge in [-0.2, -0.15) is 30.1 Å². The third-order valence-electron chi connectivity index (χ3n) is 14.9. The molecule has 22 nitrogen and oxygen atoms in total. The number of halogens is 12. The number of fused-ring (bicyclic) bond motifs is 2. The Hall–Kier alpha value is -10.8. The van der Waals surface area contributed by atoms with Crippen LogP contribution in [0.15, 0.2) is 106 Å². The van der Waals surface area contributed by atoms with Crippen molar-refractivity contribution in [2.24, 2.45) is 0 Å². The molecule has 2 N–H and O–H groups in total. The van der Waals surface area contributed by atoms with Crippen molar-refractivity contribution in [3.05, 3.63) is 143 Å². The minimum Gasteiger partial charge on any atom is -0.444 e. The standard InChI is InChI=1S/2C32H29F6N7O4/c2*1-29(2,3)49-28(47)41-23-12-31(34,35)21-11-22(33)20(25-42-43-27(48-25)30(4,5)16-39)10-24(21)44(26(23)46)14-17-6-8-18(9-7-17)19-13-40-45(15-19)32(36,37)38/h2*6-11,13,15,23H,12,14H2,1-5H3,(H,41,47)/t23-;/m1./s1. The molecule has 1 unspecified atom stereocenters. The Bertz CT molecular complexity index is 4160. The monoisotopic (exact) mass is 1380 g/mol. The van der Waals surface area contributed by atoms with E-state index in [0.29, 0.717) is 34.4 Å². The van der Waals surface area contributed by atoms with Crippen LogP contribution in [0.4, 0.5) is 73.6 Å². The molecule has 0 bridgehead atoms. The summed E-state index contributed by atoms with van der Waals surface area (Å²) in [5.74, 6) is -13.3. The maximum atomic E-state index is 15.9. The van der Waals surface area contributed by atoms with Crippen LogP contribution < -0.4 is 20.4 Å². The number of carbonyl (C=O) groups excluding carboxylic acids is 4. The fourth-order valence-corrected chi connectivity index (χ4v) is 9.91. The molecule has 516 valence electrons. The molecule has 6 heterocycles. The molecule has 2 aliphatic rings. The van der Waals surface area contributed by atoms with Crippen molar-refractivity contribution in [2.45, 2.75) is 154 Å². The second kappa shape index (κ2) is 26.0. The number of anilines is 2. The van der Waals surface area contributed by atoms with Gasteiger partial charge < -0.3 is 38.7 Å². The number of aromatic nitrogens is 8. The lowest BCUT2D eigenvalue weighted by Gasteiger charge is -2.27. The molecule has 0 saturated carbocycles. The normalized spacial score (nSPS) is 16.5. The quantitative estimate of drug-likeness (QED) is 0.108. The van der Waals surface area contributed by atoms with Crippen LogP contribution in [0, 0.1) is 34.3 Å². The summed E-state index contributed by atoms with van der Waals surface area (Å²) in [6.07, 6.45) is -10.6. The van der Waals surface area contributed by atoms with Gasteiger partial charge in [0, 0.05) is 47.5 Å². The zero-order chi connectivity index (χ0) is 72.2. The van der Waals surface area contributed by atoms with Gasteiger partial charge in [-0.25, -0.2) is 35.9 Å². The van der Waals surface area contributed by atoms with Crippen molar-refractivity contribution in [2.75, 3.05) is 9.80 Å². The molecular weight excluding hydrogens is 1320 g/mol. The topological polar surface area (TPSA) is 278 Å². The van der Waals surface area contributed by atoms with Gasteiger partial charge in [-0.05, 0) is 116 Å². The van der Waals surface area contributed by atoms with Gasteiger partial charge in [-0.1, -0.05) is 48.5 Å². The minimum atomic E-state index is -4.72. The predicted molar refractivity (Wildman–Crippen MR) is 320 cm³/mol. The number of amides is 4. The van der Waals surface area contributed by atoms with Crippen LogP contribution in [0.25, 0.3) is 45.2 Å².